The van der Waals surface area contributed by atoms with Crippen LogP contribution in [0, 0.1) is 0 Å². The van der Waals surface area contributed by atoms with Gasteiger partial charge in [0.15, 0.2) is 0 Å². The first-order valence-corrected chi connectivity index (χ1v) is 8.23. The van der Waals surface area contributed by atoms with Crippen molar-refractivity contribution in [3.05, 3.63) is 29.1 Å². The van der Waals surface area contributed by atoms with Crippen LogP contribution in [0.5, 0.6) is 0 Å². The van der Waals surface area contributed by atoms with Crippen molar-refractivity contribution in [3.8, 4) is 0 Å². The third-order valence-electron chi connectivity index (χ3n) is 3.81. The summed E-state index contributed by atoms with van der Waals surface area (Å²) in [5, 5.41) is 3.93. The average Bonchev–Trinajstić information content (AvgIpc) is 3.11. The van der Waals surface area contributed by atoms with Crippen LogP contribution in [-0.4, -0.2) is 25.2 Å². The van der Waals surface area contributed by atoms with Crippen molar-refractivity contribution in [3.63, 3.8) is 0 Å². The van der Waals surface area contributed by atoms with E-state index >= 15 is 0 Å². The summed E-state index contributed by atoms with van der Waals surface area (Å²) in [7, 11) is 0. The molecule has 0 aliphatic heterocycles. The van der Waals surface area contributed by atoms with E-state index in [9.17, 15) is 4.79 Å². The molecule has 0 atom stereocenters. The van der Waals surface area contributed by atoms with Gasteiger partial charge in [0.25, 0.3) is 5.91 Å². The van der Waals surface area contributed by atoms with Crippen LogP contribution in [0.25, 0.3) is 10.1 Å². The van der Waals surface area contributed by atoms with E-state index in [0.717, 1.165) is 33.5 Å². The van der Waals surface area contributed by atoms with Crippen molar-refractivity contribution in [2.45, 2.75) is 31.8 Å². The Hall–Kier alpha value is -1.59. The van der Waals surface area contributed by atoms with E-state index in [4.69, 9.17) is 10.5 Å². The highest BCUT2D eigenvalue weighted by atomic mass is 32.1. The number of nitrogens with two attached hydrogens (primary N) is 1. The third kappa shape index (κ3) is 3.54. The van der Waals surface area contributed by atoms with Crippen molar-refractivity contribution in [1.29, 1.82) is 0 Å². The van der Waals surface area contributed by atoms with E-state index in [1.165, 1.54) is 24.2 Å². The van der Waals surface area contributed by atoms with Gasteiger partial charge in [-0.1, -0.05) is 12.8 Å². The Morgan fingerprint density at radius 2 is 2.14 bits per heavy atom. The molecule has 4 nitrogen and oxygen atoms in total. The molecule has 21 heavy (non-hydrogen) atoms. The summed E-state index contributed by atoms with van der Waals surface area (Å²) in [6.45, 7) is 1.15. The maximum Gasteiger partial charge on any atom is 0.261 e. The maximum absolute atomic E-state index is 12.1. The maximum atomic E-state index is 12.1. The number of anilines is 1. The molecule has 1 fully saturated rings. The quantitative estimate of drug-likeness (QED) is 0.658. The van der Waals surface area contributed by atoms with E-state index in [2.05, 4.69) is 5.32 Å². The number of rotatable bonds is 5. The standard InChI is InChI=1S/C16H20N2O2S/c17-12-5-6-14-11(9-12)10-15(21-14)16(19)18-7-8-20-13-3-1-2-4-13/h5-6,9-10,13H,1-4,7-8,17H2,(H,18,19). The van der Waals surface area contributed by atoms with Crippen LogP contribution >= 0.6 is 11.3 Å². The molecule has 0 bridgehead atoms. The smallest absolute Gasteiger partial charge is 0.261 e. The summed E-state index contributed by atoms with van der Waals surface area (Å²) in [6, 6.07) is 7.60. The number of thiophene rings is 1. The molecule has 112 valence electrons. The van der Waals surface area contributed by atoms with Gasteiger partial charge in [0.1, 0.15) is 0 Å². The number of carbonyl (C=O) groups excluding carboxylic acids is 1. The second kappa shape index (κ2) is 6.45. The molecule has 3 N–H and O–H groups in total. The van der Waals surface area contributed by atoms with Crippen LogP contribution in [0.2, 0.25) is 0 Å². The van der Waals surface area contributed by atoms with Gasteiger partial charge >= 0.3 is 0 Å². The summed E-state index contributed by atoms with van der Waals surface area (Å²) in [5.41, 5.74) is 6.47. The Kier molecular flexibility index (Phi) is 4.41. The molecule has 1 aliphatic rings. The Balaban J connectivity index is 1.51. The van der Waals surface area contributed by atoms with Crippen molar-refractivity contribution in [1.82, 2.24) is 5.32 Å². The largest absolute Gasteiger partial charge is 0.399 e. The highest BCUT2D eigenvalue weighted by Crippen LogP contribution is 2.27. The number of amides is 1. The van der Waals surface area contributed by atoms with Gasteiger partial charge < -0.3 is 15.8 Å². The predicted octanol–water partition coefficient (Wildman–Crippen LogP) is 3.17. The van der Waals surface area contributed by atoms with Gasteiger partial charge in [-0.2, -0.15) is 0 Å². The number of hydrogen-bond acceptors (Lipinski definition) is 4. The van der Waals surface area contributed by atoms with Crippen LogP contribution in [0.4, 0.5) is 5.69 Å². The minimum Gasteiger partial charge on any atom is -0.399 e. The molecule has 0 radical (unpaired) electrons. The first kappa shape index (κ1) is 14.4. The van der Waals surface area contributed by atoms with Crippen LogP contribution < -0.4 is 11.1 Å². The minimum atomic E-state index is -0.0372. The lowest BCUT2D eigenvalue weighted by molar-refractivity contribution is 0.0582. The molecule has 0 unspecified atom stereocenters. The van der Waals surface area contributed by atoms with Gasteiger partial charge in [-0.3, -0.25) is 4.79 Å². The van der Waals surface area contributed by atoms with Gasteiger partial charge in [-0.25, -0.2) is 0 Å². The van der Waals surface area contributed by atoms with E-state index in [1.54, 1.807) is 0 Å². The second-order valence-electron chi connectivity index (χ2n) is 5.44. The Bertz CT molecular complexity index is 632. The number of nitrogen functional groups attached to an aromatic ring is 1. The van der Waals surface area contributed by atoms with E-state index in [1.807, 2.05) is 24.3 Å². The monoisotopic (exact) mass is 304 g/mol. The molecule has 2 aromatic rings. The lowest BCUT2D eigenvalue weighted by Gasteiger charge is -2.11. The first-order valence-electron chi connectivity index (χ1n) is 7.41. The fraction of sp³-hybridized carbons (Fsp3) is 0.438. The zero-order valence-corrected chi connectivity index (χ0v) is 12.7. The van der Waals surface area contributed by atoms with Crippen LogP contribution in [-0.2, 0) is 4.74 Å². The van der Waals surface area contributed by atoms with Crippen molar-refractivity contribution in [2.75, 3.05) is 18.9 Å². The van der Waals surface area contributed by atoms with Crippen molar-refractivity contribution < 1.29 is 9.53 Å². The molecular weight excluding hydrogens is 284 g/mol. The van der Waals surface area contributed by atoms with E-state index in [0.29, 0.717) is 19.3 Å². The van der Waals surface area contributed by atoms with Crippen molar-refractivity contribution in [2.24, 2.45) is 0 Å². The number of fused-ring (bicyclic) bond motifs is 1. The molecule has 0 spiro atoms. The molecule has 5 heteroatoms. The second-order valence-corrected chi connectivity index (χ2v) is 6.52. The number of ether oxygens (including phenoxy) is 1. The van der Waals surface area contributed by atoms with Gasteiger partial charge in [-0.15, -0.1) is 11.3 Å². The lowest BCUT2D eigenvalue weighted by Crippen LogP contribution is -2.27. The number of benzene rings is 1. The molecule has 0 saturated heterocycles. The summed E-state index contributed by atoms with van der Waals surface area (Å²) in [5.74, 6) is -0.0372. The number of carbonyl (C=O) groups is 1. The number of nitrogens with one attached hydrogen (secondary N) is 1. The van der Waals surface area contributed by atoms with Crippen LogP contribution in [0.15, 0.2) is 24.3 Å². The molecule has 1 aliphatic carbocycles. The van der Waals surface area contributed by atoms with E-state index in [-0.39, 0.29) is 5.91 Å². The molecule has 1 saturated carbocycles. The van der Waals surface area contributed by atoms with E-state index < -0.39 is 0 Å². The fourth-order valence-corrected chi connectivity index (χ4v) is 3.67. The minimum absolute atomic E-state index is 0.0372. The molecule has 1 amide bonds. The average molecular weight is 304 g/mol. The SMILES string of the molecule is Nc1ccc2sc(C(=O)NCCOC3CCCC3)cc2c1. The Labute approximate surface area is 128 Å². The topological polar surface area (TPSA) is 64.4 Å². The summed E-state index contributed by atoms with van der Waals surface area (Å²) >= 11 is 1.49. The van der Waals surface area contributed by atoms with Crippen LogP contribution in [0.1, 0.15) is 35.4 Å². The molecule has 1 heterocycles. The first-order chi connectivity index (χ1) is 10.2. The fourth-order valence-electron chi connectivity index (χ4n) is 2.71. The zero-order valence-electron chi connectivity index (χ0n) is 11.9. The normalized spacial score (nSPS) is 15.6. The summed E-state index contributed by atoms with van der Waals surface area (Å²) < 4.78 is 6.82. The Morgan fingerprint density at radius 3 is 2.95 bits per heavy atom. The van der Waals surface area contributed by atoms with Gasteiger partial charge in [0.05, 0.1) is 17.6 Å². The molecule has 1 aromatic carbocycles. The highest BCUT2D eigenvalue weighted by molar-refractivity contribution is 7.20. The van der Waals surface area contributed by atoms with Gasteiger partial charge in [-0.05, 0) is 42.5 Å². The van der Waals surface area contributed by atoms with Crippen molar-refractivity contribution >= 4 is 33.0 Å². The summed E-state index contributed by atoms with van der Waals surface area (Å²) in [6.07, 6.45) is 5.25. The predicted molar refractivity (Wildman–Crippen MR) is 86.8 cm³/mol. The molecule has 1 aromatic heterocycles. The highest BCUT2D eigenvalue weighted by Gasteiger charge is 2.15. The zero-order chi connectivity index (χ0) is 14.7. The lowest BCUT2D eigenvalue weighted by atomic mass is 10.2. The molecular formula is C16H20N2O2S. The third-order valence-corrected chi connectivity index (χ3v) is 4.92. The van der Waals surface area contributed by atoms with Gasteiger partial charge in [0.2, 0.25) is 0 Å². The van der Waals surface area contributed by atoms with Crippen LogP contribution in [0.3, 0.4) is 0 Å². The van der Waals surface area contributed by atoms with Gasteiger partial charge in [0, 0.05) is 16.9 Å². The Morgan fingerprint density at radius 1 is 1.33 bits per heavy atom. The molecule has 3 rings (SSSR count). The number of hydrogen-bond donors (Lipinski definition) is 2. The summed E-state index contributed by atoms with van der Waals surface area (Å²) in [4.78, 5) is 12.8.